The summed E-state index contributed by atoms with van der Waals surface area (Å²) >= 11 is 5.80. The zero-order valence-electron chi connectivity index (χ0n) is 14.6. The van der Waals surface area contributed by atoms with Gasteiger partial charge in [0.15, 0.2) is 6.61 Å². The largest absolute Gasteiger partial charge is 0.491 e. The summed E-state index contributed by atoms with van der Waals surface area (Å²) in [5.74, 6) is 1.38. The van der Waals surface area contributed by atoms with Crippen molar-refractivity contribution in [3.05, 3.63) is 59.1 Å². The molecule has 0 spiro atoms. The highest BCUT2D eigenvalue weighted by atomic mass is 35.5. The van der Waals surface area contributed by atoms with Crippen LogP contribution in [0.3, 0.4) is 0 Å². The number of benzene rings is 2. The van der Waals surface area contributed by atoms with Gasteiger partial charge in [0.1, 0.15) is 11.5 Å². The second-order valence-electron chi connectivity index (χ2n) is 6.01. The molecule has 0 aliphatic rings. The number of hydrogen-bond acceptors (Lipinski definition) is 3. The molecule has 2 rings (SSSR count). The van der Waals surface area contributed by atoms with Gasteiger partial charge in [-0.05, 0) is 68.7 Å². The van der Waals surface area contributed by atoms with E-state index in [1.54, 1.807) is 24.3 Å². The standard InChI is InChI=1S/C20H24ClNO3/c1-15(2)25-19-7-3-5-16(13-19)6-4-12-22-20(23)14-24-18-10-8-17(21)9-11-18/h3,5,7-11,13,15H,4,6,12,14H2,1-2H3,(H,22,23). The van der Waals surface area contributed by atoms with Crippen molar-refractivity contribution in [3.63, 3.8) is 0 Å². The second kappa shape index (κ2) is 9.94. The molecule has 4 nitrogen and oxygen atoms in total. The molecule has 0 fully saturated rings. The van der Waals surface area contributed by atoms with E-state index in [9.17, 15) is 4.79 Å². The first-order chi connectivity index (χ1) is 12.0. The maximum Gasteiger partial charge on any atom is 0.257 e. The Morgan fingerprint density at radius 2 is 1.88 bits per heavy atom. The average Bonchev–Trinajstić information content (AvgIpc) is 2.58. The molecule has 0 atom stereocenters. The Morgan fingerprint density at radius 1 is 1.12 bits per heavy atom. The first-order valence-corrected chi connectivity index (χ1v) is 8.81. The highest BCUT2D eigenvalue weighted by Crippen LogP contribution is 2.16. The minimum absolute atomic E-state index is 0.000649. The lowest BCUT2D eigenvalue weighted by Gasteiger charge is -2.11. The number of ether oxygens (including phenoxy) is 2. The fourth-order valence-corrected chi connectivity index (χ4v) is 2.42. The van der Waals surface area contributed by atoms with Gasteiger partial charge in [0.05, 0.1) is 6.10 Å². The third-order valence-electron chi connectivity index (χ3n) is 3.42. The van der Waals surface area contributed by atoms with Crippen molar-refractivity contribution >= 4 is 17.5 Å². The molecule has 0 saturated carbocycles. The molecule has 0 aromatic heterocycles. The third kappa shape index (κ3) is 7.48. The molecule has 1 N–H and O–H groups in total. The topological polar surface area (TPSA) is 47.6 Å². The number of aryl methyl sites for hydroxylation is 1. The zero-order chi connectivity index (χ0) is 18.1. The molecule has 0 aliphatic heterocycles. The van der Waals surface area contributed by atoms with Gasteiger partial charge in [0.2, 0.25) is 0 Å². The molecule has 2 aromatic carbocycles. The van der Waals surface area contributed by atoms with Crippen LogP contribution in [0.5, 0.6) is 11.5 Å². The monoisotopic (exact) mass is 361 g/mol. The summed E-state index contributed by atoms with van der Waals surface area (Å²) in [5.41, 5.74) is 1.20. The zero-order valence-corrected chi connectivity index (χ0v) is 15.4. The summed E-state index contributed by atoms with van der Waals surface area (Å²) in [6.07, 6.45) is 1.90. The number of carbonyl (C=O) groups excluding carboxylic acids is 1. The van der Waals surface area contributed by atoms with Crippen molar-refractivity contribution in [1.82, 2.24) is 5.32 Å². The van der Waals surface area contributed by atoms with Crippen molar-refractivity contribution in [2.75, 3.05) is 13.2 Å². The first kappa shape index (κ1) is 19.1. The first-order valence-electron chi connectivity index (χ1n) is 8.43. The van der Waals surface area contributed by atoms with Gasteiger partial charge < -0.3 is 14.8 Å². The van der Waals surface area contributed by atoms with Gasteiger partial charge in [-0.15, -0.1) is 0 Å². The maximum absolute atomic E-state index is 11.8. The SMILES string of the molecule is CC(C)Oc1cccc(CCCNC(=O)COc2ccc(Cl)cc2)c1. The summed E-state index contributed by atoms with van der Waals surface area (Å²) < 4.78 is 11.1. The maximum atomic E-state index is 11.8. The summed E-state index contributed by atoms with van der Waals surface area (Å²) in [6.45, 7) is 4.63. The van der Waals surface area contributed by atoms with Gasteiger partial charge in [-0.2, -0.15) is 0 Å². The minimum atomic E-state index is -0.133. The van der Waals surface area contributed by atoms with Crippen molar-refractivity contribution in [1.29, 1.82) is 0 Å². The van der Waals surface area contributed by atoms with Crippen LogP contribution in [0.25, 0.3) is 0 Å². The lowest BCUT2D eigenvalue weighted by molar-refractivity contribution is -0.123. The molecule has 0 saturated heterocycles. The highest BCUT2D eigenvalue weighted by molar-refractivity contribution is 6.30. The van der Waals surface area contributed by atoms with Gasteiger partial charge in [-0.25, -0.2) is 0 Å². The minimum Gasteiger partial charge on any atom is -0.491 e. The molecule has 1 amide bonds. The normalized spacial score (nSPS) is 10.6. The van der Waals surface area contributed by atoms with Crippen molar-refractivity contribution < 1.29 is 14.3 Å². The van der Waals surface area contributed by atoms with Crippen molar-refractivity contribution in [3.8, 4) is 11.5 Å². The van der Waals surface area contributed by atoms with Crippen LogP contribution in [-0.4, -0.2) is 25.2 Å². The molecule has 25 heavy (non-hydrogen) atoms. The van der Waals surface area contributed by atoms with E-state index < -0.39 is 0 Å². The van der Waals surface area contributed by atoms with Gasteiger partial charge in [0.25, 0.3) is 5.91 Å². The Morgan fingerprint density at radius 3 is 2.60 bits per heavy atom. The van der Waals surface area contributed by atoms with Crippen molar-refractivity contribution in [2.45, 2.75) is 32.8 Å². The van der Waals surface area contributed by atoms with Crippen LogP contribution < -0.4 is 14.8 Å². The smallest absolute Gasteiger partial charge is 0.257 e. The Hall–Kier alpha value is -2.20. The van der Waals surface area contributed by atoms with E-state index in [1.165, 1.54) is 5.56 Å². The van der Waals surface area contributed by atoms with E-state index in [-0.39, 0.29) is 18.6 Å². The molecule has 134 valence electrons. The van der Waals surface area contributed by atoms with E-state index in [0.717, 1.165) is 18.6 Å². The number of halogens is 1. The van der Waals surface area contributed by atoms with Gasteiger partial charge in [-0.3, -0.25) is 4.79 Å². The lowest BCUT2D eigenvalue weighted by atomic mass is 10.1. The summed E-state index contributed by atoms with van der Waals surface area (Å²) in [4.78, 5) is 11.8. The summed E-state index contributed by atoms with van der Waals surface area (Å²) in [5, 5.41) is 3.50. The third-order valence-corrected chi connectivity index (χ3v) is 3.67. The molecule has 0 bridgehead atoms. The summed E-state index contributed by atoms with van der Waals surface area (Å²) in [7, 11) is 0. The van der Waals surface area contributed by atoms with Gasteiger partial charge in [0, 0.05) is 11.6 Å². The fourth-order valence-electron chi connectivity index (χ4n) is 2.30. The van der Waals surface area contributed by atoms with E-state index in [4.69, 9.17) is 21.1 Å². The number of carbonyl (C=O) groups is 1. The molecule has 0 unspecified atom stereocenters. The van der Waals surface area contributed by atoms with E-state index in [1.807, 2.05) is 32.0 Å². The number of rotatable bonds is 9. The molecule has 0 heterocycles. The molecule has 0 radical (unpaired) electrons. The number of amides is 1. The van der Waals surface area contributed by atoms with Crippen LogP contribution in [0, 0.1) is 0 Å². The molecular weight excluding hydrogens is 338 g/mol. The molecule has 5 heteroatoms. The fraction of sp³-hybridized carbons (Fsp3) is 0.350. The van der Waals surface area contributed by atoms with Crippen LogP contribution in [0.2, 0.25) is 5.02 Å². The Labute approximate surface area is 154 Å². The van der Waals surface area contributed by atoms with E-state index in [2.05, 4.69) is 11.4 Å². The quantitative estimate of drug-likeness (QED) is 0.679. The summed E-state index contributed by atoms with van der Waals surface area (Å²) in [6, 6.07) is 15.0. The highest BCUT2D eigenvalue weighted by Gasteiger charge is 2.03. The van der Waals surface area contributed by atoms with Crippen LogP contribution in [0.1, 0.15) is 25.8 Å². The number of nitrogens with one attached hydrogen (secondary N) is 1. The van der Waals surface area contributed by atoms with Gasteiger partial charge >= 0.3 is 0 Å². The predicted octanol–water partition coefficient (Wildman–Crippen LogP) is 4.26. The van der Waals surface area contributed by atoms with Crippen LogP contribution in [0.15, 0.2) is 48.5 Å². The Bertz CT molecular complexity index is 671. The Kier molecular flexibility index (Phi) is 7.61. The molecular formula is C20H24ClNO3. The lowest BCUT2D eigenvalue weighted by Crippen LogP contribution is -2.29. The average molecular weight is 362 g/mol. The van der Waals surface area contributed by atoms with Crippen LogP contribution in [0.4, 0.5) is 0 Å². The van der Waals surface area contributed by atoms with Gasteiger partial charge in [-0.1, -0.05) is 23.7 Å². The van der Waals surface area contributed by atoms with Crippen LogP contribution in [-0.2, 0) is 11.2 Å². The second-order valence-corrected chi connectivity index (χ2v) is 6.45. The molecule has 2 aromatic rings. The molecule has 0 aliphatic carbocycles. The van der Waals surface area contributed by atoms with E-state index in [0.29, 0.717) is 17.3 Å². The predicted molar refractivity (Wildman–Crippen MR) is 100 cm³/mol. The van der Waals surface area contributed by atoms with E-state index >= 15 is 0 Å². The van der Waals surface area contributed by atoms with Crippen molar-refractivity contribution in [2.24, 2.45) is 0 Å². The van der Waals surface area contributed by atoms with Crippen LogP contribution >= 0.6 is 11.6 Å². The Balaban J connectivity index is 1.65. The number of hydrogen-bond donors (Lipinski definition) is 1.